The van der Waals surface area contributed by atoms with Gasteiger partial charge in [0.15, 0.2) is 6.29 Å². The predicted octanol–water partition coefficient (Wildman–Crippen LogP) is 2.72. The summed E-state index contributed by atoms with van der Waals surface area (Å²) in [5.41, 5.74) is 1.30. The SMILES string of the molecule is COC(=O)NC1CN(c2c(Cl)cccc2C=O)CCC1C. The average Bonchev–Trinajstić information content (AvgIpc) is 2.49. The number of amides is 1. The Morgan fingerprint density at radius 1 is 1.52 bits per heavy atom. The minimum Gasteiger partial charge on any atom is -0.453 e. The first-order chi connectivity index (χ1) is 10.1. The summed E-state index contributed by atoms with van der Waals surface area (Å²) >= 11 is 6.25. The molecule has 21 heavy (non-hydrogen) atoms. The van der Waals surface area contributed by atoms with E-state index >= 15 is 0 Å². The predicted molar refractivity (Wildman–Crippen MR) is 82.2 cm³/mol. The molecule has 1 fully saturated rings. The summed E-state index contributed by atoms with van der Waals surface area (Å²) in [6.45, 7) is 3.48. The zero-order valence-corrected chi connectivity index (χ0v) is 12.9. The first-order valence-corrected chi connectivity index (χ1v) is 7.27. The van der Waals surface area contributed by atoms with E-state index in [4.69, 9.17) is 11.6 Å². The lowest BCUT2D eigenvalue weighted by atomic mass is 9.93. The highest BCUT2D eigenvalue weighted by atomic mass is 35.5. The van der Waals surface area contributed by atoms with Gasteiger partial charge in [0.2, 0.25) is 0 Å². The van der Waals surface area contributed by atoms with Crippen LogP contribution in [-0.2, 0) is 4.74 Å². The van der Waals surface area contributed by atoms with Crippen molar-refractivity contribution < 1.29 is 14.3 Å². The zero-order chi connectivity index (χ0) is 15.4. The highest BCUT2D eigenvalue weighted by molar-refractivity contribution is 6.33. The Labute approximate surface area is 129 Å². The number of aldehydes is 1. The number of rotatable bonds is 3. The Bertz CT molecular complexity index is 536. The summed E-state index contributed by atoms with van der Waals surface area (Å²) < 4.78 is 4.66. The van der Waals surface area contributed by atoms with Crippen LogP contribution in [0.25, 0.3) is 0 Å². The molecule has 114 valence electrons. The fourth-order valence-corrected chi connectivity index (χ4v) is 2.93. The molecule has 0 aliphatic carbocycles. The number of anilines is 1. The third-order valence-electron chi connectivity index (χ3n) is 3.91. The van der Waals surface area contributed by atoms with E-state index in [1.54, 1.807) is 18.2 Å². The molecule has 1 aliphatic heterocycles. The Kier molecular flexibility index (Phi) is 5.07. The lowest BCUT2D eigenvalue weighted by Gasteiger charge is -2.39. The van der Waals surface area contributed by atoms with Crippen LogP contribution in [0.1, 0.15) is 23.7 Å². The van der Waals surface area contributed by atoms with Crippen LogP contribution < -0.4 is 10.2 Å². The van der Waals surface area contributed by atoms with Crippen LogP contribution in [0.15, 0.2) is 18.2 Å². The number of halogens is 1. The molecule has 0 aromatic heterocycles. The lowest BCUT2D eigenvalue weighted by molar-refractivity contribution is 0.112. The van der Waals surface area contributed by atoms with Crippen LogP contribution >= 0.6 is 11.6 Å². The number of alkyl carbamates (subject to hydrolysis) is 1. The van der Waals surface area contributed by atoms with Gasteiger partial charge in [-0.15, -0.1) is 0 Å². The number of carbonyl (C=O) groups excluding carboxylic acids is 2. The van der Waals surface area contributed by atoms with Crippen molar-refractivity contribution >= 4 is 29.7 Å². The van der Waals surface area contributed by atoms with Crippen LogP contribution in [0, 0.1) is 5.92 Å². The van der Waals surface area contributed by atoms with Gasteiger partial charge in [0.05, 0.1) is 23.9 Å². The molecule has 1 amide bonds. The summed E-state index contributed by atoms with van der Waals surface area (Å²) in [7, 11) is 1.35. The molecule has 5 nitrogen and oxygen atoms in total. The molecule has 1 N–H and O–H groups in total. The first kappa shape index (κ1) is 15.6. The van der Waals surface area contributed by atoms with Crippen molar-refractivity contribution in [2.75, 3.05) is 25.1 Å². The Morgan fingerprint density at radius 2 is 2.29 bits per heavy atom. The zero-order valence-electron chi connectivity index (χ0n) is 12.1. The van der Waals surface area contributed by atoms with Gasteiger partial charge in [-0.25, -0.2) is 4.79 Å². The molecule has 1 aromatic carbocycles. The Hall–Kier alpha value is -1.75. The van der Waals surface area contributed by atoms with Crippen molar-refractivity contribution in [3.05, 3.63) is 28.8 Å². The van der Waals surface area contributed by atoms with E-state index < -0.39 is 6.09 Å². The van der Waals surface area contributed by atoms with Gasteiger partial charge < -0.3 is 15.0 Å². The number of ether oxygens (including phenoxy) is 1. The highest BCUT2D eigenvalue weighted by Gasteiger charge is 2.29. The summed E-state index contributed by atoms with van der Waals surface area (Å²) in [6, 6.07) is 5.23. The third-order valence-corrected chi connectivity index (χ3v) is 4.21. The molecule has 2 atom stereocenters. The maximum Gasteiger partial charge on any atom is 0.407 e. The van der Waals surface area contributed by atoms with E-state index in [1.165, 1.54) is 7.11 Å². The van der Waals surface area contributed by atoms with Crippen molar-refractivity contribution in [2.45, 2.75) is 19.4 Å². The monoisotopic (exact) mass is 310 g/mol. The summed E-state index contributed by atoms with van der Waals surface area (Å²) in [4.78, 5) is 24.7. The fourth-order valence-electron chi connectivity index (χ4n) is 2.63. The van der Waals surface area contributed by atoms with Crippen molar-refractivity contribution in [2.24, 2.45) is 5.92 Å². The van der Waals surface area contributed by atoms with Crippen LogP contribution in [0.5, 0.6) is 0 Å². The van der Waals surface area contributed by atoms with Crippen molar-refractivity contribution in [1.29, 1.82) is 0 Å². The number of carbonyl (C=O) groups is 2. The average molecular weight is 311 g/mol. The molecule has 0 saturated carbocycles. The number of hydrogen-bond donors (Lipinski definition) is 1. The van der Waals surface area contributed by atoms with Crippen LogP contribution in [-0.4, -0.2) is 38.6 Å². The number of hydrogen-bond acceptors (Lipinski definition) is 4. The smallest absolute Gasteiger partial charge is 0.407 e. The van der Waals surface area contributed by atoms with Crippen molar-refractivity contribution in [3.63, 3.8) is 0 Å². The molecule has 1 aromatic rings. The van der Waals surface area contributed by atoms with Crippen LogP contribution in [0.4, 0.5) is 10.5 Å². The maximum atomic E-state index is 11.4. The molecule has 2 rings (SSSR count). The number of nitrogens with one attached hydrogen (secondary N) is 1. The molecule has 1 saturated heterocycles. The van der Waals surface area contributed by atoms with Crippen LogP contribution in [0.2, 0.25) is 5.02 Å². The minimum atomic E-state index is -0.441. The number of benzene rings is 1. The molecule has 1 aliphatic rings. The van der Waals surface area contributed by atoms with Gasteiger partial charge in [-0.1, -0.05) is 24.6 Å². The maximum absolute atomic E-state index is 11.4. The van der Waals surface area contributed by atoms with Gasteiger partial charge in [0, 0.05) is 18.7 Å². The van der Waals surface area contributed by atoms with Crippen molar-refractivity contribution in [3.8, 4) is 0 Å². The third kappa shape index (κ3) is 3.47. The summed E-state index contributed by atoms with van der Waals surface area (Å²) in [5, 5.41) is 3.39. The molecule has 2 unspecified atom stereocenters. The quantitative estimate of drug-likeness (QED) is 0.872. The number of para-hydroxylation sites is 1. The second-order valence-corrected chi connectivity index (χ2v) is 5.66. The van der Waals surface area contributed by atoms with Gasteiger partial charge in [-0.3, -0.25) is 4.79 Å². The second kappa shape index (κ2) is 6.80. The van der Waals surface area contributed by atoms with E-state index in [2.05, 4.69) is 17.0 Å². The lowest BCUT2D eigenvalue weighted by Crippen LogP contribution is -2.52. The number of methoxy groups -OCH3 is 1. The highest BCUT2D eigenvalue weighted by Crippen LogP contribution is 2.32. The topological polar surface area (TPSA) is 58.6 Å². The summed E-state index contributed by atoms with van der Waals surface area (Å²) in [6.07, 6.45) is 1.27. The van der Waals surface area contributed by atoms with Gasteiger partial charge in [-0.2, -0.15) is 0 Å². The van der Waals surface area contributed by atoms with E-state index in [-0.39, 0.29) is 6.04 Å². The molecular formula is C15H19ClN2O3. The number of nitrogens with zero attached hydrogens (tertiary/aromatic N) is 1. The molecule has 0 radical (unpaired) electrons. The van der Waals surface area contributed by atoms with Gasteiger partial charge in [0.25, 0.3) is 0 Å². The van der Waals surface area contributed by atoms with E-state index in [0.29, 0.717) is 23.0 Å². The molecule has 0 spiro atoms. The molecule has 0 bridgehead atoms. The fraction of sp³-hybridized carbons (Fsp3) is 0.467. The van der Waals surface area contributed by atoms with Crippen molar-refractivity contribution in [1.82, 2.24) is 5.32 Å². The van der Waals surface area contributed by atoms with Crippen LogP contribution in [0.3, 0.4) is 0 Å². The normalized spacial score (nSPS) is 21.8. The van der Waals surface area contributed by atoms with E-state index in [9.17, 15) is 9.59 Å². The second-order valence-electron chi connectivity index (χ2n) is 5.25. The molecule has 6 heteroatoms. The van der Waals surface area contributed by atoms with E-state index in [1.807, 2.05) is 4.90 Å². The number of piperidine rings is 1. The summed E-state index contributed by atoms with van der Waals surface area (Å²) in [5.74, 6) is 0.336. The largest absolute Gasteiger partial charge is 0.453 e. The Morgan fingerprint density at radius 3 is 2.95 bits per heavy atom. The molecule has 1 heterocycles. The van der Waals surface area contributed by atoms with Gasteiger partial charge >= 0.3 is 6.09 Å². The first-order valence-electron chi connectivity index (χ1n) is 6.90. The van der Waals surface area contributed by atoms with Gasteiger partial charge in [-0.05, 0) is 24.5 Å². The van der Waals surface area contributed by atoms with Gasteiger partial charge in [0.1, 0.15) is 0 Å². The molecular weight excluding hydrogens is 292 g/mol. The standard InChI is InChI=1S/C15H19ClN2O3/c1-10-6-7-18(8-13(10)17-15(20)21-2)14-11(9-19)4-3-5-12(14)16/h3-5,9-10,13H,6-8H2,1-2H3,(H,17,20). The van der Waals surface area contributed by atoms with E-state index in [0.717, 1.165) is 24.9 Å². The minimum absolute atomic E-state index is 0.0398. The Balaban J connectivity index is 2.22.